The van der Waals surface area contributed by atoms with Crippen LogP contribution in [0, 0.1) is 0 Å². The molecule has 1 heterocycles. The molecule has 0 unspecified atom stereocenters. The molecule has 0 saturated carbocycles. The van der Waals surface area contributed by atoms with Gasteiger partial charge in [0.25, 0.3) is 10.0 Å². The molecular weight excluding hydrogens is 166 g/mol. The number of rotatable bonds is 2. The molecule has 4 nitrogen and oxygen atoms in total. The van der Waals surface area contributed by atoms with E-state index in [-0.39, 0.29) is 5.09 Å². The van der Waals surface area contributed by atoms with E-state index in [9.17, 15) is 8.42 Å². The number of furan rings is 1. The van der Waals surface area contributed by atoms with Crippen molar-refractivity contribution in [2.45, 2.75) is 18.4 Å². The highest BCUT2D eigenvalue weighted by Crippen LogP contribution is 2.11. The van der Waals surface area contributed by atoms with Crippen molar-refractivity contribution in [3.8, 4) is 0 Å². The molecule has 0 aliphatic rings. The van der Waals surface area contributed by atoms with Crippen molar-refractivity contribution < 1.29 is 12.8 Å². The topological polar surface area (TPSA) is 73.3 Å². The highest BCUT2D eigenvalue weighted by Gasteiger charge is 2.11. The summed E-state index contributed by atoms with van der Waals surface area (Å²) in [7, 11) is -3.66. The maximum Gasteiger partial charge on any atom is 0.271 e. The van der Waals surface area contributed by atoms with Gasteiger partial charge in [-0.15, -0.1) is 0 Å². The molecule has 0 atom stereocenters. The molecule has 5 heteroatoms. The van der Waals surface area contributed by atoms with Crippen molar-refractivity contribution in [1.82, 2.24) is 0 Å². The summed E-state index contributed by atoms with van der Waals surface area (Å²) in [5.41, 5.74) is 0. The fraction of sp³-hybridized carbons (Fsp3) is 0.333. The minimum atomic E-state index is -3.66. The van der Waals surface area contributed by atoms with E-state index in [1.165, 1.54) is 6.07 Å². The van der Waals surface area contributed by atoms with Crippen LogP contribution in [0.25, 0.3) is 0 Å². The molecule has 0 aliphatic heterocycles. The minimum absolute atomic E-state index is 0.172. The summed E-state index contributed by atoms with van der Waals surface area (Å²) < 4.78 is 26.2. The van der Waals surface area contributed by atoms with Gasteiger partial charge in [0.1, 0.15) is 5.76 Å². The summed E-state index contributed by atoms with van der Waals surface area (Å²) in [5, 5.41) is 4.63. The predicted octanol–water partition coefficient (Wildman–Crippen LogP) is 0.489. The van der Waals surface area contributed by atoms with Crippen molar-refractivity contribution in [2.24, 2.45) is 5.14 Å². The molecule has 0 fully saturated rings. The molecule has 0 spiro atoms. The van der Waals surface area contributed by atoms with E-state index in [0.717, 1.165) is 0 Å². The highest BCUT2D eigenvalue weighted by molar-refractivity contribution is 7.89. The van der Waals surface area contributed by atoms with Crippen LogP contribution in [0.1, 0.15) is 12.7 Å². The summed E-state index contributed by atoms with van der Waals surface area (Å²) in [6.45, 7) is 1.87. The summed E-state index contributed by atoms with van der Waals surface area (Å²) >= 11 is 0. The third kappa shape index (κ3) is 1.81. The second kappa shape index (κ2) is 2.67. The van der Waals surface area contributed by atoms with Gasteiger partial charge in [-0.3, -0.25) is 0 Å². The van der Waals surface area contributed by atoms with Crippen molar-refractivity contribution in [1.29, 1.82) is 0 Å². The van der Waals surface area contributed by atoms with E-state index in [4.69, 9.17) is 9.56 Å². The Morgan fingerprint density at radius 3 is 2.45 bits per heavy atom. The number of primary sulfonamides is 1. The molecule has 0 saturated heterocycles. The zero-order chi connectivity index (χ0) is 8.48. The van der Waals surface area contributed by atoms with Gasteiger partial charge in [-0.25, -0.2) is 13.6 Å². The van der Waals surface area contributed by atoms with Gasteiger partial charge in [0, 0.05) is 6.42 Å². The van der Waals surface area contributed by atoms with Crippen molar-refractivity contribution in [3.05, 3.63) is 17.9 Å². The molecule has 1 rings (SSSR count). The average molecular weight is 175 g/mol. The van der Waals surface area contributed by atoms with Gasteiger partial charge >= 0.3 is 0 Å². The Bertz CT molecular complexity index is 338. The van der Waals surface area contributed by atoms with Gasteiger partial charge in [0.05, 0.1) is 0 Å². The monoisotopic (exact) mass is 175 g/mol. The van der Waals surface area contributed by atoms with E-state index in [2.05, 4.69) is 0 Å². The number of nitrogens with two attached hydrogens (primary N) is 1. The average Bonchev–Trinajstić information content (AvgIpc) is 2.32. The zero-order valence-electron chi connectivity index (χ0n) is 6.07. The highest BCUT2D eigenvalue weighted by atomic mass is 32.2. The first-order chi connectivity index (χ1) is 5.04. The Morgan fingerprint density at radius 2 is 2.18 bits per heavy atom. The van der Waals surface area contributed by atoms with E-state index >= 15 is 0 Å². The van der Waals surface area contributed by atoms with Crippen LogP contribution in [0.5, 0.6) is 0 Å². The lowest BCUT2D eigenvalue weighted by molar-refractivity contribution is 0.418. The van der Waals surface area contributed by atoms with Crippen LogP contribution < -0.4 is 5.14 Å². The molecule has 2 N–H and O–H groups in total. The fourth-order valence-electron chi connectivity index (χ4n) is 0.701. The van der Waals surface area contributed by atoms with E-state index in [1.807, 2.05) is 6.92 Å². The van der Waals surface area contributed by atoms with Gasteiger partial charge < -0.3 is 4.42 Å². The molecule has 0 bridgehead atoms. The normalized spacial score (nSPS) is 11.8. The van der Waals surface area contributed by atoms with Crippen LogP contribution in [0.15, 0.2) is 21.6 Å². The Morgan fingerprint density at radius 1 is 1.55 bits per heavy atom. The molecule has 0 aromatic carbocycles. The standard InChI is InChI=1S/C6H9NO3S/c1-2-5-3-4-6(10-5)11(7,8)9/h3-4H,2H2,1H3,(H2,7,8,9). The van der Waals surface area contributed by atoms with Crippen LogP contribution in [-0.4, -0.2) is 8.42 Å². The Kier molecular flexibility index (Phi) is 2.01. The van der Waals surface area contributed by atoms with Crippen molar-refractivity contribution >= 4 is 10.0 Å². The lowest BCUT2D eigenvalue weighted by Crippen LogP contribution is -2.10. The van der Waals surface area contributed by atoms with Crippen LogP contribution >= 0.6 is 0 Å². The smallest absolute Gasteiger partial charge is 0.271 e. The lowest BCUT2D eigenvalue weighted by Gasteiger charge is -1.89. The van der Waals surface area contributed by atoms with Crippen molar-refractivity contribution in [3.63, 3.8) is 0 Å². The van der Waals surface area contributed by atoms with Crippen LogP contribution in [-0.2, 0) is 16.4 Å². The Balaban J connectivity index is 3.09. The zero-order valence-corrected chi connectivity index (χ0v) is 6.89. The van der Waals surface area contributed by atoms with Gasteiger partial charge in [0.2, 0.25) is 5.09 Å². The lowest BCUT2D eigenvalue weighted by atomic mass is 10.4. The van der Waals surface area contributed by atoms with Crippen LogP contribution in [0.4, 0.5) is 0 Å². The summed E-state index contributed by atoms with van der Waals surface area (Å²) in [6.07, 6.45) is 0.662. The maximum absolute atomic E-state index is 10.6. The molecule has 0 radical (unpaired) electrons. The molecule has 11 heavy (non-hydrogen) atoms. The summed E-state index contributed by atoms with van der Waals surface area (Å²) in [4.78, 5) is 0. The second-order valence-electron chi connectivity index (χ2n) is 2.12. The quantitative estimate of drug-likeness (QED) is 0.710. The molecule has 1 aromatic rings. The predicted molar refractivity (Wildman–Crippen MR) is 39.5 cm³/mol. The van der Waals surface area contributed by atoms with Crippen LogP contribution in [0.2, 0.25) is 0 Å². The van der Waals surface area contributed by atoms with E-state index in [1.54, 1.807) is 6.07 Å². The maximum atomic E-state index is 10.6. The second-order valence-corrected chi connectivity index (χ2v) is 3.61. The van der Waals surface area contributed by atoms with E-state index < -0.39 is 10.0 Å². The molecular formula is C6H9NO3S. The largest absolute Gasteiger partial charge is 0.448 e. The first-order valence-corrected chi connectivity index (χ1v) is 4.70. The van der Waals surface area contributed by atoms with Crippen LogP contribution in [0.3, 0.4) is 0 Å². The molecule has 0 aliphatic carbocycles. The van der Waals surface area contributed by atoms with Crippen molar-refractivity contribution in [2.75, 3.05) is 0 Å². The molecule has 1 aromatic heterocycles. The number of sulfonamides is 1. The number of aryl methyl sites for hydroxylation is 1. The molecule has 62 valence electrons. The Hall–Kier alpha value is -0.810. The fourth-order valence-corrected chi connectivity index (χ4v) is 1.18. The number of hydrogen-bond donors (Lipinski definition) is 1. The number of hydrogen-bond acceptors (Lipinski definition) is 3. The first-order valence-electron chi connectivity index (χ1n) is 3.15. The SMILES string of the molecule is CCc1ccc(S(N)(=O)=O)o1. The van der Waals surface area contributed by atoms with Gasteiger partial charge in [-0.1, -0.05) is 6.92 Å². The molecule has 0 amide bonds. The third-order valence-electron chi connectivity index (χ3n) is 1.27. The Labute approximate surface area is 65.1 Å². The van der Waals surface area contributed by atoms with Gasteiger partial charge in [-0.2, -0.15) is 0 Å². The van der Waals surface area contributed by atoms with Gasteiger partial charge in [-0.05, 0) is 12.1 Å². The first kappa shape index (κ1) is 8.29. The van der Waals surface area contributed by atoms with E-state index in [0.29, 0.717) is 12.2 Å². The summed E-state index contributed by atoms with van der Waals surface area (Å²) in [6, 6.07) is 2.95. The summed E-state index contributed by atoms with van der Waals surface area (Å²) in [5.74, 6) is 0.619. The van der Waals surface area contributed by atoms with Gasteiger partial charge in [0.15, 0.2) is 0 Å². The third-order valence-corrected chi connectivity index (χ3v) is 2.05. The minimum Gasteiger partial charge on any atom is -0.448 e.